The van der Waals surface area contributed by atoms with E-state index >= 15 is 0 Å². The first-order valence-corrected chi connectivity index (χ1v) is 4.97. The van der Waals surface area contributed by atoms with Crippen molar-refractivity contribution in [1.82, 2.24) is 4.90 Å². The van der Waals surface area contributed by atoms with Crippen LogP contribution in [-0.4, -0.2) is 31.0 Å². The summed E-state index contributed by atoms with van der Waals surface area (Å²) in [6.07, 6.45) is 0. The van der Waals surface area contributed by atoms with E-state index in [-0.39, 0.29) is 23.7 Å². The number of likely N-dealkylation sites (N-methyl/N-ethyl adjacent to an activating group) is 1. The number of carbonyl (C=O) groups is 1. The van der Waals surface area contributed by atoms with Gasteiger partial charge < -0.3 is 9.74 Å². The molecule has 0 spiro atoms. The molecule has 1 aromatic carbocycles. The standard InChI is InChI=1S/C10H12ClFN2O2/c1-14(5-6-16-13)10(15)9-7(11)3-2-4-8(9)12/h2-4H,5-6,13H2,1H3. The molecule has 1 aromatic rings. The quantitative estimate of drug-likeness (QED) is 0.818. The van der Waals surface area contributed by atoms with Gasteiger partial charge in [0.15, 0.2) is 0 Å². The van der Waals surface area contributed by atoms with E-state index in [1.165, 1.54) is 30.1 Å². The van der Waals surface area contributed by atoms with Crippen LogP contribution in [0, 0.1) is 5.82 Å². The van der Waals surface area contributed by atoms with Crippen LogP contribution in [-0.2, 0) is 4.84 Å². The Morgan fingerprint density at radius 1 is 1.62 bits per heavy atom. The Hall–Kier alpha value is -1.17. The third kappa shape index (κ3) is 2.91. The molecule has 1 amide bonds. The summed E-state index contributed by atoms with van der Waals surface area (Å²) in [6, 6.07) is 4.09. The van der Waals surface area contributed by atoms with Crippen molar-refractivity contribution in [3.8, 4) is 0 Å². The van der Waals surface area contributed by atoms with Crippen LogP contribution in [0.25, 0.3) is 0 Å². The summed E-state index contributed by atoms with van der Waals surface area (Å²) >= 11 is 5.76. The molecule has 88 valence electrons. The summed E-state index contributed by atoms with van der Waals surface area (Å²) in [4.78, 5) is 17.4. The lowest BCUT2D eigenvalue weighted by Gasteiger charge is -2.17. The zero-order valence-electron chi connectivity index (χ0n) is 8.74. The van der Waals surface area contributed by atoms with E-state index in [1.54, 1.807) is 0 Å². The molecule has 4 nitrogen and oxygen atoms in total. The maximum atomic E-state index is 13.4. The fourth-order valence-corrected chi connectivity index (χ4v) is 1.43. The summed E-state index contributed by atoms with van der Waals surface area (Å²) in [7, 11) is 1.52. The van der Waals surface area contributed by atoms with Gasteiger partial charge in [-0.2, -0.15) is 0 Å². The van der Waals surface area contributed by atoms with Crippen molar-refractivity contribution in [3.05, 3.63) is 34.6 Å². The molecule has 2 N–H and O–H groups in total. The maximum absolute atomic E-state index is 13.4. The monoisotopic (exact) mass is 246 g/mol. The molecular weight excluding hydrogens is 235 g/mol. The first-order valence-electron chi connectivity index (χ1n) is 4.59. The van der Waals surface area contributed by atoms with E-state index in [9.17, 15) is 9.18 Å². The number of benzene rings is 1. The fourth-order valence-electron chi connectivity index (χ4n) is 1.18. The number of carbonyl (C=O) groups excluding carboxylic acids is 1. The largest absolute Gasteiger partial charge is 0.339 e. The number of rotatable bonds is 4. The lowest BCUT2D eigenvalue weighted by molar-refractivity contribution is 0.0693. The summed E-state index contributed by atoms with van der Waals surface area (Å²) in [6.45, 7) is 0.439. The van der Waals surface area contributed by atoms with Crippen molar-refractivity contribution >= 4 is 17.5 Å². The fraction of sp³-hybridized carbons (Fsp3) is 0.300. The zero-order chi connectivity index (χ0) is 12.1. The van der Waals surface area contributed by atoms with E-state index in [0.717, 1.165) is 0 Å². The van der Waals surface area contributed by atoms with Gasteiger partial charge in [0.1, 0.15) is 5.82 Å². The molecule has 0 aromatic heterocycles. The Morgan fingerprint density at radius 2 is 2.31 bits per heavy atom. The summed E-state index contributed by atoms with van der Waals surface area (Å²) < 4.78 is 13.4. The Kier molecular flexibility index (Phi) is 4.67. The second kappa shape index (κ2) is 5.79. The van der Waals surface area contributed by atoms with Crippen LogP contribution in [0.2, 0.25) is 5.02 Å². The minimum atomic E-state index is -0.641. The molecule has 0 heterocycles. The van der Waals surface area contributed by atoms with Crippen LogP contribution in [0.4, 0.5) is 4.39 Å². The van der Waals surface area contributed by atoms with Gasteiger partial charge >= 0.3 is 0 Å². The Labute approximate surface area is 97.7 Å². The third-order valence-corrected chi connectivity index (χ3v) is 2.38. The van der Waals surface area contributed by atoms with Crippen molar-refractivity contribution in [2.24, 2.45) is 5.90 Å². The van der Waals surface area contributed by atoms with Crippen LogP contribution in [0.1, 0.15) is 10.4 Å². The highest BCUT2D eigenvalue weighted by molar-refractivity contribution is 6.33. The number of nitrogens with zero attached hydrogens (tertiary/aromatic N) is 1. The molecule has 0 fully saturated rings. The summed E-state index contributed by atoms with van der Waals surface area (Å²) in [5.74, 6) is 3.70. The Morgan fingerprint density at radius 3 is 2.88 bits per heavy atom. The predicted molar refractivity (Wildman–Crippen MR) is 58.5 cm³/mol. The Bertz CT molecular complexity index is 367. The summed E-state index contributed by atoms with van der Waals surface area (Å²) in [5, 5.41) is 0.0884. The number of nitrogens with two attached hydrogens (primary N) is 1. The molecule has 0 aliphatic rings. The van der Waals surface area contributed by atoms with Crippen molar-refractivity contribution in [2.45, 2.75) is 0 Å². The molecule has 0 unspecified atom stereocenters. The molecular formula is C10H12ClFN2O2. The Balaban J connectivity index is 2.87. The van der Waals surface area contributed by atoms with Crippen LogP contribution in [0.5, 0.6) is 0 Å². The van der Waals surface area contributed by atoms with Crippen LogP contribution >= 0.6 is 11.6 Å². The summed E-state index contributed by atoms with van der Waals surface area (Å²) in [5.41, 5.74) is -0.135. The molecule has 0 radical (unpaired) electrons. The zero-order valence-corrected chi connectivity index (χ0v) is 9.50. The van der Waals surface area contributed by atoms with Crippen LogP contribution in [0.15, 0.2) is 18.2 Å². The number of amides is 1. The second-order valence-electron chi connectivity index (χ2n) is 3.19. The van der Waals surface area contributed by atoms with Crippen LogP contribution < -0.4 is 5.90 Å². The molecule has 0 saturated heterocycles. The molecule has 0 aliphatic carbocycles. The molecule has 1 rings (SSSR count). The second-order valence-corrected chi connectivity index (χ2v) is 3.60. The SMILES string of the molecule is CN(CCON)C(=O)c1c(F)cccc1Cl. The average Bonchev–Trinajstić information content (AvgIpc) is 2.25. The first-order chi connectivity index (χ1) is 7.57. The highest BCUT2D eigenvalue weighted by Crippen LogP contribution is 2.20. The van der Waals surface area contributed by atoms with E-state index in [1.807, 2.05) is 0 Å². The number of hydrogen-bond acceptors (Lipinski definition) is 3. The van der Waals surface area contributed by atoms with E-state index in [0.29, 0.717) is 0 Å². The van der Waals surface area contributed by atoms with E-state index in [2.05, 4.69) is 4.84 Å². The molecule has 0 atom stereocenters. The van der Waals surface area contributed by atoms with E-state index in [4.69, 9.17) is 17.5 Å². The van der Waals surface area contributed by atoms with Gasteiger partial charge in [0.2, 0.25) is 0 Å². The lowest BCUT2D eigenvalue weighted by atomic mass is 10.2. The van der Waals surface area contributed by atoms with Gasteiger partial charge in [0.05, 0.1) is 17.2 Å². The number of halogens is 2. The van der Waals surface area contributed by atoms with E-state index < -0.39 is 11.7 Å². The minimum Gasteiger partial charge on any atom is -0.339 e. The topological polar surface area (TPSA) is 55.6 Å². The molecule has 0 aliphatic heterocycles. The van der Waals surface area contributed by atoms with Gasteiger partial charge in [0, 0.05) is 13.6 Å². The van der Waals surface area contributed by atoms with Gasteiger partial charge in [0.25, 0.3) is 5.91 Å². The average molecular weight is 247 g/mol. The van der Waals surface area contributed by atoms with Crippen molar-refractivity contribution < 1.29 is 14.0 Å². The van der Waals surface area contributed by atoms with Crippen molar-refractivity contribution in [2.75, 3.05) is 20.2 Å². The minimum absolute atomic E-state index is 0.0884. The molecule has 16 heavy (non-hydrogen) atoms. The molecule has 6 heteroatoms. The molecule has 0 bridgehead atoms. The van der Waals surface area contributed by atoms with Gasteiger partial charge in [-0.3, -0.25) is 4.79 Å². The first kappa shape index (κ1) is 12.9. The third-order valence-electron chi connectivity index (χ3n) is 2.07. The maximum Gasteiger partial charge on any atom is 0.258 e. The van der Waals surface area contributed by atoms with Gasteiger partial charge in [-0.15, -0.1) is 0 Å². The van der Waals surface area contributed by atoms with Gasteiger partial charge in [-0.25, -0.2) is 10.3 Å². The molecule has 0 saturated carbocycles. The van der Waals surface area contributed by atoms with Crippen molar-refractivity contribution in [3.63, 3.8) is 0 Å². The van der Waals surface area contributed by atoms with Crippen LogP contribution in [0.3, 0.4) is 0 Å². The normalized spacial score (nSPS) is 10.2. The lowest BCUT2D eigenvalue weighted by Crippen LogP contribution is -2.31. The highest BCUT2D eigenvalue weighted by atomic mass is 35.5. The van der Waals surface area contributed by atoms with Crippen molar-refractivity contribution in [1.29, 1.82) is 0 Å². The van der Waals surface area contributed by atoms with Gasteiger partial charge in [-0.05, 0) is 12.1 Å². The predicted octanol–water partition coefficient (Wildman–Crippen LogP) is 1.44. The smallest absolute Gasteiger partial charge is 0.258 e. The highest BCUT2D eigenvalue weighted by Gasteiger charge is 2.19. The number of hydrogen-bond donors (Lipinski definition) is 1. The van der Waals surface area contributed by atoms with Gasteiger partial charge in [-0.1, -0.05) is 17.7 Å².